The zero-order chi connectivity index (χ0) is 15.8. The molecule has 0 fully saturated rings. The largest absolute Gasteiger partial charge is 0.496 e. The molecular formula is C14H19ClN2O4. The van der Waals surface area contributed by atoms with E-state index in [4.69, 9.17) is 26.8 Å². The zero-order valence-corrected chi connectivity index (χ0v) is 12.8. The average Bonchev–Trinajstić information content (AvgIpc) is 2.46. The zero-order valence-electron chi connectivity index (χ0n) is 12.1. The Kier molecular flexibility index (Phi) is 6.81. The van der Waals surface area contributed by atoms with Gasteiger partial charge in [-0.3, -0.25) is 9.59 Å². The number of ether oxygens (including phenoxy) is 2. The minimum absolute atomic E-state index is 0.258. The van der Waals surface area contributed by atoms with Crippen molar-refractivity contribution in [3.63, 3.8) is 0 Å². The molecule has 0 saturated heterocycles. The molecule has 0 aliphatic rings. The number of carbonyl (C=O) groups is 2. The molecule has 0 unspecified atom stereocenters. The molecule has 0 heterocycles. The van der Waals surface area contributed by atoms with Crippen LogP contribution < -0.4 is 15.8 Å². The fourth-order valence-corrected chi connectivity index (χ4v) is 1.84. The number of nitrogen functional groups attached to an aromatic ring is 1. The van der Waals surface area contributed by atoms with Crippen molar-refractivity contribution in [2.45, 2.75) is 19.8 Å². The lowest BCUT2D eigenvalue weighted by Crippen LogP contribution is -2.25. The van der Waals surface area contributed by atoms with Crippen LogP contribution >= 0.6 is 11.6 Å². The molecule has 0 spiro atoms. The number of hydrogen-bond donors (Lipinski definition) is 2. The highest BCUT2D eigenvalue weighted by molar-refractivity contribution is 6.33. The van der Waals surface area contributed by atoms with Crippen molar-refractivity contribution < 1.29 is 19.1 Å². The van der Waals surface area contributed by atoms with Gasteiger partial charge in [0.2, 0.25) is 0 Å². The Balaban J connectivity index is 2.56. The third-order valence-corrected chi connectivity index (χ3v) is 3.04. The first-order chi connectivity index (χ1) is 9.99. The summed E-state index contributed by atoms with van der Waals surface area (Å²) < 4.78 is 9.90. The predicted molar refractivity (Wildman–Crippen MR) is 80.6 cm³/mol. The van der Waals surface area contributed by atoms with Crippen LogP contribution in [0.15, 0.2) is 12.1 Å². The fourth-order valence-electron chi connectivity index (χ4n) is 1.68. The summed E-state index contributed by atoms with van der Waals surface area (Å²) in [6.07, 6.45) is 0.753. The summed E-state index contributed by atoms with van der Waals surface area (Å²) in [6.45, 7) is 2.45. The molecule has 0 saturated carbocycles. The first kappa shape index (κ1) is 17.1. The molecule has 21 heavy (non-hydrogen) atoms. The highest BCUT2D eigenvalue weighted by Gasteiger charge is 2.14. The maximum absolute atomic E-state index is 12.1. The molecule has 6 nitrogen and oxygen atoms in total. The highest BCUT2D eigenvalue weighted by atomic mass is 35.5. The topological polar surface area (TPSA) is 90.7 Å². The van der Waals surface area contributed by atoms with Crippen LogP contribution in [-0.4, -0.2) is 32.1 Å². The summed E-state index contributed by atoms with van der Waals surface area (Å²) in [5.74, 6) is -0.266. The number of rotatable bonds is 7. The van der Waals surface area contributed by atoms with Crippen LogP contribution in [0.5, 0.6) is 5.75 Å². The molecule has 116 valence electrons. The van der Waals surface area contributed by atoms with Gasteiger partial charge in [-0.2, -0.15) is 0 Å². The van der Waals surface area contributed by atoms with E-state index in [1.807, 2.05) is 0 Å². The monoisotopic (exact) mass is 314 g/mol. The summed E-state index contributed by atoms with van der Waals surface area (Å²) >= 11 is 5.90. The van der Waals surface area contributed by atoms with Gasteiger partial charge in [-0.25, -0.2) is 0 Å². The van der Waals surface area contributed by atoms with Gasteiger partial charge in [-0.1, -0.05) is 11.6 Å². The van der Waals surface area contributed by atoms with E-state index in [0.29, 0.717) is 36.6 Å². The lowest BCUT2D eigenvalue weighted by molar-refractivity contribution is -0.143. The van der Waals surface area contributed by atoms with Gasteiger partial charge in [0, 0.05) is 19.0 Å². The standard InChI is InChI=1S/C14H19ClN2O4/c1-3-21-13(18)5-4-6-17-14(19)9-7-10(15)11(16)8-12(9)20-2/h7-8H,3-6,16H2,1-2H3,(H,17,19). The number of benzene rings is 1. The van der Waals surface area contributed by atoms with Gasteiger partial charge in [0.05, 0.1) is 30.0 Å². The lowest BCUT2D eigenvalue weighted by Gasteiger charge is -2.11. The maximum Gasteiger partial charge on any atom is 0.305 e. The molecule has 7 heteroatoms. The van der Waals surface area contributed by atoms with Gasteiger partial charge in [-0.05, 0) is 19.4 Å². The van der Waals surface area contributed by atoms with Gasteiger partial charge >= 0.3 is 5.97 Å². The van der Waals surface area contributed by atoms with Crippen LogP contribution in [0.25, 0.3) is 0 Å². The van der Waals surface area contributed by atoms with Crippen molar-refractivity contribution in [3.8, 4) is 5.75 Å². The Morgan fingerprint density at radius 3 is 2.71 bits per heavy atom. The van der Waals surface area contributed by atoms with Gasteiger partial charge in [0.15, 0.2) is 0 Å². The molecule has 3 N–H and O–H groups in total. The first-order valence-electron chi connectivity index (χ1n) is 6.56. The van der Waals surface area contributed by atoms with Crippen LogP contribution in [0.3, 0.4) is 0 Å². The number of hydrogen-bond acceptors (Lipinski definition) is 5. The molecule has 1 amide bonds. The third-order valence-electron chi connectivity index (χ3n) is 2.71. The van der Waals surface area contributed by atoms with Crippen molar-refractivity contribution in [3.05, 3.63) is 22.7 Å². The second kappa shape index (κ2) is 8.36. The van der Waals surface area contributed by atoms with E-state index >= 15 is 0 Å². The smallest absolute Gasteiger partial charge is 0.305 e. The van der Waals surface area contributed by atoms with Crippen LogP contribution in [0.1, 0.15) is 30.1 Å². The number of nitrogens with one attached hydrogen (secondary N) is 1. The Morgan fingerprint density at radius 1 is 1.38 bits per heavy atom. The number of nitrogens with two attached hydrogens (primary N) is 1. The Bertz CT molecular complexity index is 520. The van der Waals surface area contributed by atoms with Crippen molar-refractivity contribution in [2.75, 3.05) is 26.0 Å². The number of halogens is 1. The van der Waals surface area contributed by atoms with Crippen molar-refractivity contribution >= 4 is 29.2 Å². The summed E-state index contributed by atoms with van der Waals surface area (Å²) in [4.78, 5) is 23.2. The Labute approximate surface area is 128 Å². The van der Waals surface area contributed by atoms with Gasteiger partial charge in [0.1, 0.15) is 5.75 Å². The molecule has 1 aromatic rings. The molecular weight excluding hydrogens is 296 g/mol. The van der Waals surface area contributed by atoms with E-state index in [2.05, 4.69) is 5.32 Å². The van der Waals surface area contributed by atoms with Gasteiger partial charge in [-0.15, -0.1) is 0 Å². The summed E-state index contributed by atoms with van der Waals surface area (Å²) in [5.41, 5.74) is 6.29. The maximum atomic E-state index is 12.1. The molecule has 0 radical (unpaired) electrons. The highest BCUT2D eigenvalue weighted by Crippen LogP contribution is 2.28. The summed E-state index contributed by atoms with van der Waals surface area (Å²) in [5, 5.41) is 2.98. The van der Waals surface area contributed by atoms with E-state index in [9.17, 15) is 9.59 Å². The third kappa shape index (κ3) is 5.15. The number of methoxy groups -OCH3 is 1. The van der Waals surface area contributed by atoms with Crippen LogP contribution in [-0.2, 0) is 9.53 Å². The Morgan fingerprint density at radius 2 is 2.10 bits per heavy atom. The van der Waals surface area contributed by atoms with Gasteiger partial charge < -0.3 is 20.5 Å². The molecule has 1 aromatic carbocycles. The van der Waals surface area contributed by atoms with Gasteiger partial charge in [0.25, 0.3) is 5.91 Å². The van der Waals surface area contributed by atoms with Crippen LogP contribution in [0.2, 0.25) is 5.02 Å². The number of amides is 1. The van der Waals surface area contributed by atoms with E-state index in [-0.39, 0.29) is 23.3 Å². The van der Waals surface area contributed by atoms with E-state index in [1.54, 1.807) is 6.92 Å². The molecule has 1 rings (SSSR count). The normalized spacial score (nSPS) is 10.0. The fraction of sp³-hybridized carbons (Fsp3) is 0.429. The van der Waals surface area contributed by atoms with Crippen molar-refractivity contribution in [2.24, 2.45) is 0 Å². The van der Waals surface area contributed by atoms with E-state index in [1.165, 1.54) is 19.2 Å². The van der Waals surface area contributed by atoms with Crippen molar-refractivity contribution in [1.29, 1.82) is 0 Å². The minimum atomic E-state index is -0.336. The average molecular weight is 315 g/mol. The van der Waals surface area contributed by atoms with E-state index < -0.39 is 0 Å². The second-order valence-electron chi connectivity index (χ2n) is 4.24. The number of anilines is 1. The molecule has 0 atom stereocenters. The van der Waals surface area contributed by atoms with Crippen molar-refractivity contribution in [1.82, 2.24) is 5.32 Å². The van der Waals surface area contributed by atoms with Crippen LogP contribution in [0, 0.1) is 0 Å². The second-order valence-corrected chi connectivity index (χ2v) is 4.65. The molecule has 0 bridgehead atoms. The lowest BCUT2D eigenvalue weighted by atomic mass is 10.1. The molecule has 0 aliphatic heterocycles. The quantitative estimate of drug-likeness (QED) is 0.456. The van der Waals surface area contributed by atoms with E-state index in [0.717, 1.165) is 0 Å². The number of esters is 1. The first-order valence-corrected chi connectivity index (χ1v) is 6.94. The Hall–Kier alpha value is -1.95. The molecule has 0 aliphatic carbocycles. The summed E-state index contributed by atoms with van der Waals surface area (Å²) in [6, 6.07) is 2.95. The van der Waals surface area contributed by atoms with Crippen LogP contribution in [0.4, 0.5) is 5.69 Å². The number of carbonyl (C=O) groups excluding carboxylic acids is 2. The predicted octanol–water partition coefficient (Wildman–Crippen LogP) is 2.00. The summed E-state index contributed by atoms with van der Waals surface area (Å²) in [7, 11) is 1.44. The minimum Gasteiger partial charge on any atom is -0.496 e. The SMILES string of the molecule is CCOC(=O)CCCNC(=O)c1cc(Cl)c(N)cc1OC. The molecule has 0 aromatic heterocycles.